The molecule has 122 valence electrons. The predicted octanol–water partition coefficient (Wildman–Crippen LogP) is 2.04. The van der Waals surface area contributed by atoms with Crippen molar-refractivity contribution in [1.29, 1.82) is 0 Å². The highest BCUT2D eigenvalue weighted by Gasteiger charge is 2.18. The van der Waals surface area contributed by atoms with Crippen LogP contribution in [0, 0.1) is 10.1 Å². The number of hydrogen-bond acceptors (Lipinski definition) is 7. The van der Waals surface area contributed by atoms with Gasteiger partial charge in [0.2, 0.25) is 5.75 Å². The van der Waals surface area contributed by atoms with Crippen LogP contribution in [0.3, 0.4) is 0 Å². The molecular weight excluding hydrogens is 316 g/mol. The first-order chi connectivity index (χ1) is 11.5. The van der Waals surface area contributed by atoms with Gasteiger partial charge in [0.15, 0.2) is 11.9 Å². The summed E-state index contributed by atoms with van der Waals surface area (Å²) in [6, 6.07) is 6.21. The second-order valence-corrected chi connectivity index (χ2v) is 4.90. The van der Waals surface area contributed by atoms with Crippen LogP contribution in [0.5, 0.6) is 17.2 Å². The molecule has 0 spiro atoms. The number of hydrogen-bond donors (Lipinski definition) is 0. The van der Waals surface area contributed by atoms with Gasteiger partial charge in [-0.1, -0.05) is 0 Å². The molecule has 0 atom stereocenters. The lowest BCUT2D eigenvalue weighted by atomic mass is 10.2. The highest BCUT2D eigenvalue weighted by molar-refractivity contribution is 5.79. The molecule has 0 saturated heterocycles. The van der Waals surface area contributed by atoms with Crippen molar-refractivity contribution in [3.05, 3.63) is 57.3 Å². The van der Waals surface area contributed by atoms with E-state index in [2.05, 4.69) is 9.97 Å². The van der Waals surface area contributed by atoms with Crippen molar-refractivity contribution in [1.82, 2.24) is 14.5 Å². The quantitative estimate of drug-likeness (QED) is 0.532. The van der Waals surface area contributed by atoms with Crippen LogP contribution in [-0.4, -0.2) is 26.6 Å². The summed E-state index contributed by atoms with van der Waals surface area (Å²) in [4.78, 5) is 30.2. The maximum atomic E-state index is 12.1. The van der Waals surface area contributed by atoms with Gasteiger partial charge >= 0.3 is 5.82 Å². The smallest absolute Gasteiger partial charge is 0.406 e. The molecule has 0 unspecified atom stereocenters. The molecule has 0 fully saturated rings. The summed E-state index contributed by atoms with van der Waals surface area (Å²) in [5.74, 6) is 0.208. The van der Waals surface area contributed by atoms with Gasteiger partial charge in [-0.15, -0.1) is 0 Å². The number of aromatic nitrogens is 3. The normalized spacial score (nSPS) is 10.6. The lowest BCUT2D eigenvalue weighted by Crippen LogP contribution is -2.16. The maximum Gasteiger partial charge on any atom is 0.406 e. The van der Waals surface area contributed by atoms with Crippen molar-refractivity contribution in [2.75, 3.05) is 7.11 Å². The SMILES string of the molecule is COc1cc(Oc2ccc3ncn(C)c(=O)c3c2)cnc1[N+](=O)[O-]. The summed E-state index contributed by atoms with van der Waals surface area (Å²) in [7, 11) is 2.91. The van der Waals surface area contributed by atoms with Gasteiger partial charge in [-0.25, -0.2) is 4.98 Å². The summed E-state index contributed by atoms with van der Waals surface area (Å²) >= 11 is 0. The molecule has 9 nitrogen and oxygen atoms in total. The average molecular weight is 328 g/mol. The number of aryl methyl sites for hydroxylation is 1. The van der Waals surface area contributed by atoms with E-state index in [1.165, 1.54) is 30.3 Å². The zero-order chi connectivity index (χ0) is 17.3. The fourth-order valence-electron chi connectivity index (χ4n) is 2.15. The summed E-state index contributed by atoms with van der Waals surface area (Å²) in [5.41, 5.74) is 0.342. The van der Waals surface area contributed by atoms with Crippen LogP contribution in [0.2, 0.25) is 0 Å². The van der Waals surface area contributed by atoms with E-state index in [0.29, 0.717) is 16.7 Å². The van der Waals surface area contributed by atoms with Crippen LogP contribution >= 0.6 is 0 Å². The second kappa shape index (κ2) is 5.95. The number of pyridine rings is 1. The van der Waals surface area contributed by atoms with Crippen LogP contribution in [0.1, 0.15) is 0 Å². The molecule has 0 aliphatic heterocycles. The van der Waals surface area contributed by atoms with E-state index in [0.717, 1.165) is 0 Å². The molecule has 2 heterocycles. The van der Waals surface area contributed by atoms with Crippen molar-refractivity contribution in [2.45, 2.75) is 0 Å². The maximum absolute atomic E-state index is 12.1. The number of nitro groups is 1. The molecule has 3 rings (SSSR count). The van der Waals surface area contributed by atoms with Crippen molar-refractivity contribution in [2.24, 2.45) is 7.05 Å². The molecule has 0 bridgehead atoms. The summed E-state index contributed by atoms with van der Waals surface area (Å²) < 4.78 is 11.9. The zero-order valence-corrected chi connectivity index (χ0v) is 12.8. The van der Waals surface area contributed by atoms with Crippen LogP contribution in [0.15, 0.2) is 41.6 Å². The monoisotopic (exact) mass is 328 g/mol. The van der Waals surface area contributed by atoms with Gasteiger partial charge in [0.05, 0.1) is 24.3 Å². The van der Waals surface area contributed by atoms with E-state index in [4.69, 9.17) is 9.47 Å². The van der Waals surface area contributed by atoms with Gasteiger partial charge in [0.1, 0.15) is 5.75 Å². The van der Waals surface area contributed by atoms with Gasteiger partial charge in [-0.2, -0.15) is 0 Å². The van der Waals surface area contributed by atoms with Gasteiger partial charge in [0, 0.05) is 13.1 Å². The molecule has 0 N–H and O–H groups in total. The Kier molecular flexibility index (Phi) is 3.82. The third-order valence-corrected chi connectivity index (χ3v) is 3.33. The summed E-state index contributed by atoms with van der Waals surface area (Å²) in [5, 5.41) is 11.2. The molecule has 9 heteroatoms. The van der Waals surface area contributed by atoms with E-state index in [1.807, 2.05) is 0 Å². The van der Waals surface area contributed by atoms with Gasteiger partial charge in [0.25, 0.3) is 5.56 Å². The Morgan fingerprint density at radius 1 is 1.21 bits per heavy atom. The van der Waals surface area contributed by atoms with Gasteiger partial charge < -0.3 is 24.2 Å². The standard InChI is InChI=1S/C15H12N4O5/c1-18-8-17-12-4-3-9(5-11(12)15(18)20)24-10-6-13(23-2)14(16-7-10)19(21)22/h3-8H,1-2H3. The Bertz CT molecular complexity index is 999. The van der Waals surface area contributed by atoms with E-state index >= 15 is 0 Å². The van der Waals surface area contributed by atoms with E-state index in [9.17, 15) is 14.9 Å². The second-order valence-electron chi connectivity index (χ2n) is 4.90. The number of ether oxygens (including phenoxy) is 2. The third-order valence-electron chi connectivity index (χ3n) is 3.33. The van der Waals surface area contributed by atoms with Crippen molar-refractivity contribution in [3.8, 4) is 17.2 Å². The Morgan fingerprint density at radius 2 is 2.00 bits per heavy atom. The molecule has 0 radical (unpaired) electrons. The predicted molar refractivity (Wildman–Crippen MR) is 84.5 cm³/mol. The number of methoxy groups -OCH3 is 1. The number of rotatable bonds is 4. The molecule has 2 aromatic heterocycles. The number of nitrogens with zero attached hydrogens (tertiary/aromatic N) is 4. The molecule has 0 aliphatic carbocycles. The minimum Gasteiger partial charge on any atom is -0.489 e. The molecule has 1 aromatic carbocycles. The lowest BCUT2D eigenvalue weighted by Gasteiger charge is -2.07. The topological polar surface area (TPSA) is 109 Å². The number of fused-ring (bicyclic) bond motifs is 1. The van der Waals surface area contributed by atoms with Gasteiger partial charge in [-0.3, -0.25) is 4.79 Å². The molecule has 0 aliphatic rings. The largest absolute Gasteiger partial charge is 0.489 e. The Labute approximate surface area is 135 Å². The zero-order valence-electron chi connectivity index (χ0n) is 12.8. The highest BCUT2D eigenvalue weighted by Crippen LogP contribution is 2.31. The van der Waals surface area contributed by atoms with Gasteiger partial charge in [-0.05, 0) is 28.1 Å². The van der Waals surface area contributed by atoms with Crippen LogP contribution < -0.4 is 15.0 Å². The molecule has 0 amide bonds. The minimum atomic E-state index is -0.645. The molecular formula is C15H12N4O5. The lowest BCUT2D eigenvalue weighted by molar-refractivity contribution is -0.390. The van der Waals surface area contributed by atoms with Crippen molar-refractivity contribution >= 4 is 16.7 Å². The molecule has 3 aromatic rings. The average Bonchev–Trinajstić information content (AvgIpc) is 2.58. The molecule has 24 heavy (non-hydrogen) atoms. The fraction of sp³-hybridized carbons (Fsp3) is 0.133. The Hall–Kier alpha value is -3.49. The first-order valence-electron chi connectivity index (χ1n) is 6.81. The van der Waals surface area contributed by atoms with E-state index in [1.54, 1.807) is 25.2 Å². The van der Waals surface area contributed by atoms with E-state index < -0.39 is 10.7 Å². The molecule has 0 saturated carbocycles. The highest BCUT2D eigenvalue weighted by atomic mass is 16.6. The first-order valence-corrected chi connectivity index (χ1v) is 6.81. The Balaban J connectivity index is 1.99. The van der Waals surface area contributed by atoms with Crippen molar-refractivity contribution in [3.63, 3.8) is 0 Å². The Morgan fingerprint density at radius 3 is 2.71 bits per heavy atom. The summed E-state index contributed by atoms with van der Waals surface area (Å²) in [6.07, 6.45) is 2.66. The van der Waals surface area contributed by atoms with Crippen molar-refractivity contribution < 1.29 is 14.4 Å². The number of benzene rings is 1. The van der Waals surface area contributed by atoms with Crippen LogP contribution in [0.4, 0.5) is 5.82 Å². The van der Waals surface area contributed by atoms with E-state index in [-0.39, 0.29) is 17.1 Å². The fourth-order valence-corrected chi connectivity index (χ4v) is 2.15. The van der Waals surface area contributed by atoms with Crippen LogP contribution in [0.25, 0.3) is 10.9 Å². The minimum absolute atomic E-state index is 0.0177. The summed E-state index contributed by atoms with van der Waals surface area (Å²) in [6.45, 7) is 0. The third kappa shape index (κ3) is 2.74. The first kappa shape index (κ1) is 15.4. The van der Waals surface area contributed by atoms with Crippen LogP contribution in [-0.2, 0) is 7.05 Å².